The summed E-state index contributed by atoms with van der Waals surface area (Å²) in [5.74, 6) is 0.724. The maximum atomic E-state index is 14.1. The Hall–Kier alpha value is -3.14. The molecule has 0 aliphatic carbocycles. The smallest absolute Gasteiger partial charge is 0.141 e. The quantitative estimate of drug-likeness (QED) is 0.599. The van der Waals surface area contributed by atoms with Gasteiger partial charge in [0.1, 0.15) is 17.4 Å². The first kappa shape index (κ1) is 14.5. The molecule has 4 aromatic rings. The van der Waals surface area contributed by atoms with Gasteiger partial charge in [0.05, 0.1) is 17.6 Å². The third-order valence-electron chi connectivity index (χ3n) is 4.07. The molecule has 0 saturated carbocycles. The van der Waals surface area contributed by atoms with Gasteiger partial charge in [-0.25, -0.2) is 9.37 Å². The molecular formula is C20H15FN2O. The second-order valence-electron chi connectivity index (χ2n) is 5.65. The van der Waals surface area contributed by atoms with Crippen LogP contribution in [0, 0.1) is 5.82 Å². The maximum absolute atomic E-state index is 14.1. The van der Waals surface area contributed by atoms with E-state index in [-0.39, 0.29) is 11.6 Å². The third kappa shape index (κ3) is 2.52. The molecule has 0 bridgehead atoms. The van der Waals surface area contributed by atoms with E-state index in [0.717, 1.165) is 22.4 Å². The Morgan fingerprint density at radius 1 is 0.875 bits per heavy atom. The lowest BCUT2D eigenvalue weighted by molar-refractivity contribution is 0.475. The standard InChI is InChI=1S/C20H15FN2O/c21-17-6-2-1-5-15(17)13-23-19-8-4-3-7-18(19)22-20(23)14-9-11-16(24)12-10-14/h1-12,24H,13H2. The fraction of sp³-hybridized carbons (Fsp3) is 0.0500. The number of benzene rings is 3. The van der Waals surface area contributed by atoms with E-state index in [1.807, 2.05) is 47.0 Å². The second kappa shape index (κ2) is 5.81. The number of nitrogens with zero attached hydrogens (tertiary/aromatic N) is 2. The molecule has 3 nitrogen and oxygen atoms in total. The van der Waals surface area contributed by atoms with Crippen LogP contribution in [0.3, 0.4) is 0 Å². The van der Waals surface area contributed by atoms with Crippen molar-refractivity contribution in [2.75, 3.05) is 0 Å². The Morgan fingerprint density at radius 2 is 1.58 bits per heavy atom. The zero-order valence-electron chi connectivity index (χ0n) is 12.9. The Bertz CT molecular complexity index is 1010. The minimum absolute atomic E-state index is 0.204. The number of hydrogen-bond donors (Lipinski definition) is 1. The summed E-state index contributed by atoms with van der Waals surface area (Å²) in [6.07, 6.45) is 0. The van der Waals surface area contributed by atoms with E-state index in [1.54, 1.807) is 24.3 Å². The average molecular weight is 318 g/mol. The summed E-state index contributed by atoms with van der Waals surface area (Å²) >= 11 is 0. The summed E-state index contributed by atoms with van der Waals surface area (Å²) in [6.45, 7) is 0.392. The van der Waals surface area contributed by atoms with Crippen molar-refractivity contribution in [1.82, 2.24) is 9.55 Å². The molecule has 24 heavy (non-hydrogen) atoms. The Balaban J connectivity index is 1.90. The molecule has 0 atom stereocenters. The molecule has 118 valence electrons. The Morgan fingerprint density at radius 3 is 2.38 bits per heavy atom. The number of hydrogen-bond acceptors (Lipinski definition) is 2. The highest BCUT2D eigenvalue weighted by molar-refractivity contribution is 5.80. The van der Waals surface area contributed by atoms with Crippen LogP contribution in [0.4, 0.5) is 4.39 Å². The lowest BCUT2D eigenvalue weighted by atomic mass is 10.1. The molecular weight excluding hydrogens is 303 g/mol. The summed E-state index contributed by atoms with van der Waals surface area (Å²) in [7, 11) is 0. The normalized spacial score (nSPS) is 11.0. The van der Waals surface area contributed by atoms with E-state index in [2.05, 4.69) is 0 Å². The molecule has 1 heterocycles. The number of aromatic hydroxyl groups is 1. The van der Waals surface area contributed by atoms with Gasteiger partial charge in [0.2, 0.25) is 0 Å². The number of halogens is 1. The molecule has 0 aliphatic rings. The Kier molecular flexibility index (Phi) is 3.50. The number of aromatic nitrogens is 2. The largest absolute Gasteiger partial charge is 0.508 e. The van der Waals surface area contributed by atoms with Crippen molar-refractivity contribution in [1.29, 1.82) is 0 Å². The average Bonchev–Trinajstić information content (AvgIpc) is 2.96. The number of phenols is 1. The number of fused-ring (bicyclic) bond motifs is 1. The van der Waals surface area contributed by atoms with Gasteiger partial charge in [-0.15, -0.1) is 0 Å². The van der Waals surface area contributed by atoms with Crippen molar-refractivity contribution in [2.24, 2.45) is 0 Å². The van der Waals surface area contributed by atoms with Gasteiger partial charge in [-0.1, -0.05) is 30.3 Å². The minimum Gasteiger partial charge on any atom is -0.508 e. The van der Waals surface area contributed by atoms with Gasteiger partial charge in [0, 0.05) is 11.1 Å². The van der Waals surface area contributed by atoms with E-state index in [0.29, 0.717) is 12.1 Å². The van der Waals surface area contributed by atoms with E-state index >= 15 is 0 Å². The zero-order valence-corrected chi connectivity index (χ0v) is 12.9. The van der Waals surface area contributed by atoms with E-state index < -0.39 is 0 Å². The predicted octanol–water partition coefficient (Wildman–Crippen LogP) is 4.60. The summed E-state index contributed by atoms with van der Waals surface area (Å²) < 4.78 is 16.1. The second-order valence-corrected chi connectivity index (χ2v) is 5.65. The fourth-order valence-corrected chi connectivity index (χ4v) is 2.86. The monoisotopic (exact) mass is 318 g/mol. The maximum Gasteiger partial charge on any atom is 0.141 e. The molecule has 0 aliphatic heterocycles. The molecule has 0 fully saturated rings. The molecule has 1 aromatic heterocycles. The molecule has 4 heteroatoms. The summed E-state index contributed by atoms with van der Waals surface area (Å²) in [5, 5.41) is 9.51. The molecule has 0 unspecified atom stereocenters. The zero-order chi connectivity index (χ0) is 16.5. The molecule has 0 radical (unpaired) electrons. The van der Waals surface area contributed by atoms with Crippen molar-refractivity contribution in [2.45, 2.75) is 6.54 Å². The van der Waals surface area contributed by atoms with Gasteiger partial charge in [-0.3, -0.25) is 0 Å². The highest BCUT2D eigenvalue weighted by Gasteiger charge is 2.14. The van der Waals surface area contributed by atoms with Crippen molar-refractivity contribution in [3.8, 4) is 17.1 Å². The topological polar surface area (TPSA) is 38.1 Å². The lowest BCUT2D eigenvalue weighted by Crippen LogP contribution is -2.04. The summed E-state index contributed by atoms with van der Waals surface area (Å²) in [5.41, 5.74) is 3.29. The number of imidazole rings is 1. The predicted molar refractivity (Wildman–Crippen MR) is 92.3 cm³/mol. The van der Waals surface area contributed by atoms with Gasteiger partial charge in [0.15, 0.2) is 0 Å². The van der Waals surface area contributed by atoms with Crippen LogP contribution < -0.4 is 0 Å². The fourth-order valence-electron chi connectivity index (χ4n) is 2.86. The van der Waals surface area contributed by atoms with Crippen molar-refractivity contribution < 1.29 is 9.50 Å². The van der Waals surface area contributed by atoms with Gasteiger partial charge in [-0.05, 0) is 42.5 Å². The molecule has 3 aromatic carbocycles. The van der Waals surface area contributed by atoms with Crippen molar-refractivity contribution in [3.63, 3.8) is 0 Å². The Labute approximate surface area is 138 Å². The van der Waals surface area contributed by atoms with Gasteiger partial charge in [0.25, 0.3) is 0 Å². The summed E-state index contributed by atoms with van der Waals surface area (Å²) in [6, 6.07) is 21.5. The van der Waals surface area contributed by atoms with E-state index in [1.165, 1.54) is 6.07 Å². The molecule has 0 amide bonds. The van der Waals surface area contributed by atoms with Crippen LogP contribution in [0.5, 0.6) is 5.75 Å². The lowest BCUT2D eigenvalue weighted by Gasteiger charge is -2.10. The van der Waals surface area contributed by atoms with Crippen LogP contribution in [0.2, 0.25) is 0 Å². The molecule has 4 rings (SSSR count). The minimum atomic E-state index is -0.230. The number of rotatable bonds is 3. The number of para-hydroxylation sites is 2. The number of phenolic OH excluding ortho intramolecular Hbond substituents is 1. The van der Waals surface area contributed by atoms with Crippen LogP contribution in [-0.4, -0.2) is 14.7 Å². The molecule has 0 saturated heterocycles. The van der Waals surface area contributed by atoms with Crippen LogP contribution in [0.15, 0.2) is 72.8 Å². The van der Waals surface area contributed by atoms with Crippen molar-refractivity contribution in [3.05, 3.63) is 84.2 Å². The van der Waals surface area contributed by atoms with Gasteiger partial charge >= 0.3 is 0 Å². The van der Waals surface area contributed by atoms with Crippen molar-refractivity contribution >= 4 is 11.0 Å². The SMILES string of the molecule is Oc1ccc(-c2nc3ccccc3n2Cc2ccccc2F)cc1. The highest BCUT2D eigenvalue weighted by Crippen LogP contribution is 2.27. The van der Waals surface area contributed by atoms with Crippen LogP contribution in [0.25, 0.3) is 22.4 Å². The molecule has 1 N–H and O–H groups in total. The van der Waals surface area contributed by atoms with E-state index in [4.69, 9.17) is 4.98 Å². The first-order valence-corrected chi connectivity index (χ1v) is 7.70. The summed E-state index contributed by atoms with van der Waals surface area (Å²) in [4.78, 5) is 4.70. The van der Waals surface area contributed by atoms with Gasteiger partial charge in [-0.2, -0.15) is 0 Å². The van der Waals surface area contributed by atoms with E-state index in [9.17, 15) is 9.50 Å². The van der Waals surface area contributed by atoms with Crippen LogP contribution in [0.1, 0.15) is 5.56 Å². The van der Waals surface area contributed by atoms with Crippen LogP contribution >= 0.6 is 0 Å². The third-order valence-corrected chi connectivity index (χ3v) is 4.07. The van der Waals surface area contributed by atoms with Gasteiger partial charge < -0.3 is 9.67 Å². The highest BCUT2D eigenvalue weighted by atomic mass is 19.1. The van der Waals surface area contributed by atoms with Crippen LogP contribution in [-0.2, 0) is 6.54 Å². The molecule has 0 spiro atoms. The first-order valence-electron chi connectivity index (χ1n) is 7.70. The first-order chi connectivity index (χ1) is 11.7.